The molecule has 4 nitrogen and oxygen atoms in total. The number of carbonyl (C=O) groups excluding carboxylic acids is 2. The summed E-state index contributed by atoms with van der Waals surface area (Å²) in [7, 11) is 0. The lowest BCUT2D eigenvalue weighted by Crippen LogP contribution is -2.31. The van der Waals surface area contributed by atoms with Crippen molar-refractivity contribution < 1.29 is 9.59 Å². The van der Waals surface area contributed by atoms with Gasteiger partial charge in [0.25, 0.3) is 0 Å². The number of hydrogen-bond acceptors (Lipinski definition) is 3. The maximum absolute atomic E-state index is 12.5. The highest BCUT2D eigenvalue weighted by atomic mass is 16.2. The van der Waals surface area contributed by atoms with Gasteiger partial charge in [-0.2, -0.15) is 0 Å². The highest BCUT2D eigenvalue weighted by molar-refractivity contribution is 6.20. The number of anilines is 1. The summed E-state index contributed by atoms with van der Waals surface area (Å²) in [5.74, 6) is 0.612. The molecule has 4 heteroatoms. The van der Waals surface area contributed by atoms with Crippen LogP contribution in [0.15, 0.2) is 36.0 Å². The number of nitrogens with zero attached hydrogens (tertiary/aromatic N) is 2. The molecule has 2 aliphatic rings. The minimum Gasteiger partial charge on any atom is -0.274 e. The molecule has 21 heavy (non-hydrogen) atoms. The van der Waals surface area contributed by atoms with Gasteiger partial charge in [0, 0.05) is 18.5 Å². The molecule has 2 amide bonds. The fourth-order valence-corrected chi connectivity index (χ4v) is 3.24. The van der Waals surface area contributed by atoms with Crippen molar-refractivity contribution in [2.75, 3.05) is 4.90 Å². The van der Waals surface area contributed by atoms with Crippen LogP contribution in [0.4, 0.5) is 5.82 Å². The van der Waals surface area contributed by atoms with Crippen molar-refractivity contribution in [1.82, 2.24) is 4.98 Å². The maximum atomic E-state index is 12.5. The van der Waals surface area contributed by atoms with Crippen molar-refractivity contribution in [1.29, 1.82) is 0 Å². The van der Waals surface area contributed by atoms with Gasteiger partial charge in [-0.15, -0.1) is 0 Å². The lowest BCUT2D eigenvalue weighted by atomic mass is 9.83. The van der Waals surface area contributed by atoms with Crippen LogP contribution >= 0.6 is 0 Å². The predicted octanol–water partition coefficient (Wildman–Crippen LogP) is 3.10. The Morgan fingerprint density at radius 2 is 2.19 bits per heavy atom. The number of carbonyl (C=O) groups is 2. The molecule has 2 heterocycles. The summed E-state index contributed by atoms with van der Waals surface area (Å²) in [4.78, 5) is 30.0. The van der Waals surface area contributed by atoms with Crippen molar-refractivity contribution in [2.24, 2.45) is 11.8 Å². The molecule has 0 N–H and O–H groups in total. The number of rotatable bonds is 3. The van der Waals surface area contributed by atoms with Gasteiger partial charge < -0.3 is 0 Å². The highest BCUT2D eigenvalue weighted by Crippen LogP contribution is 2.34. The van der Waals surface area contributed by atoms with Gasteiger partial charge in [-0.05, 0) is 50.7 Å². The molecule has 0 radical (unpaired) electrons. The highest BCUT2D eigenvalue weighted by Gasteiger charge is 2.40. The Morgan fingerprint density at radius 3 is 2.86 bits per heavy atom. The molecule has 1 aliphatic heterocycles. The summed E-state index contributed by atoms with van der Waals surface area (Å²) < 4.78 is 0. The van der Waals surface area contributed by atoms with Crippen LogP contribution in [-0.4, -0.2) is 16.8 Å². The van der Waals surface area contributed by atoms with E-state index >= 15 is 0 Å². The Morgan fingerprint density at radius 1 is 1.33 bits per heavy atom. The van der Waals surface area contributed by atoms with E-state index in [0.717, 1.165) is 25.7 Å². The minimum absolute atomic E-state index is 0.0787. The van der Waals surface area contributed by atoms with Crippen LogP contribution in [-0.2, 0) is 9.59 Å². The SMILES string of the molecule is CC1=CCC(CC2CC(=O)N(c3ccccn3)C2=O)CC1. The first-order chi connectivity index (χ1) is 10.1. The van der Waals surface area contributed by atoms with Crippen LogP contribution in [0.3, 0.4) is 0 Å². The molecule has 0 aromatic carbocycles. The lowest BCUT2D eigenvalue weighted by Gasteiger charge is -2.22. The van der Waals surface area contributed by atoms with E-state index in [4.69, 9.17) is 0 Å². The second-order valence-corrected chi connectivity index (χ2v) is 6.08. The van der Waals surface area contributed by atoms with E-state index in [-0.39, 0.29) is 17.7 Å². The summed E-state index contributed by atoms with van der Waals surface area (Å²) in [5.41, 5.74) is 1.44. The van der Waals surface area contributed by atoms with E-state index in [9.17, 15) is 9.59 Å². The first-order valence-electron chi connectivity index (χ1n) is 7.58. The zero-order valence-electron chi connectivity index (χ0n) is 12.3. The molecule has 1 aliphatic carbocycles. The third kappa shape index (κ3) is 2.89. The largest absolute Gasteiger partial charge is 0.274 e. The van der Waals surface area contributed by atoms with Gasteiger partial charge in [-0.3, -0.25) is 9.59 Å². The fraction of sp³-hybridized carbons (Fsp3) is 0.471. The Balaban J connectivity index is 1.69. The summed E-state index contributed by atoms with van der Waals surface area (Å²) in [5, 5.41) is 0. The second kappa shape index (κ2) is 5.80. The van der Waals surface area contributed by atoms with Crippen LogP contribution in [0.5, 0.6) is 0 Å². The van der Waals surface area contributed by atoms with Crippen molar-refractivity contribution in [3.63, 3.8) is 0 Å². The van der Waals surface area contributed by atoms with E-state index in [1.54, 1.807) is 24.4 Å². The summed E-state index contributed by atoms with van der Waals surface area (Å²) in [6.07, 6.45) is 8.30. The minimum atomic E-state index is -0.170. The third-order valence-corrected chi connectivity index (χ3v) is 4.48. The van der Waals surface area contributed by atoms with Crippen molar-refractivity contribution in [2.45, 2.75) is 39.0 Å². The molecule has 1 saturated heterocycles. The normalized spacial score (nSPS) is 26.1. The fourth-order valence-electron chi connectivity index (χ4n) is 3.24. The Bertz CT molecular complexity index is 580. The number of amides is 2. The maximum Gasteiger partial charge on any atom is 0.238 e. The van der Waals surface area contributed by atoms with Crippen LogP contribution in [0, 0.1) is 11.8 Å². The molecule has 2 atom stereocenters. The molecule has 1 fully saturated rings. The van der Waals surface area contributed by atoms with Gasteiger partial charge in [0.05, 0.1) is 0 Å². The average molecular weight is 284 g/mol. The number of allylic oxidation sites excluding steroid dienone is 2. The van der Waals surface area contributed by atoms with Crippen LogP contribution in [0.25, 0.3) is 0 Å². The van der Waals surface area contributed by atoms with E-state index in [1.165, 1.54) is 10.5 Å². The lowest BCUT2D eigenvalue weighted by molar-refractivity contribution is -0.122. The molecule has 3 rings (SSSR count). The first kappa shape index (κ1) is 14.0. The molecule has 1 aromatic rings. The van der Waals surface area contributed by atoms with Gasteiger partial charge in [-0.1, -0.05) is 17.7 Å². The number of hydrogen-bond donors (Lipinski definition) is 0. The standard InChI is InChI=1S/C17H20N2O2/c1-12-5-7-13(8-6-12)10-14-11-16(20)19(17(14)21)15-4-2-3-9-18-15/h2-5,9,13-14H,6-8,10-11H2,1H3. The van der Waals surface area contributed by atoms with Crippen molar-refractivity contribution in [3.05, 3.63) is 36.0 Å². The molecule has 0 bridgehead atoms. The van der Waals surface area contributed by atoms with E-state index in [2.05, 4.69) is 18.0 Å². The monoisotopic (exact) mass is 284 g/mol. The zero-order valence-corrected chi connectivity index (χ0v) is 12.3. The predicted molar refractivity (Wildman–Crippen MR) is 80.6 cm³/mol. The number of imide groups is 1. The molecular formula is C17H20N2O2. The van der Waals surface area contributed by atoms with E-state index < -0.39 is 0 Å². The average Bonchev–Trinajstić information content (AvgIpc) is 2.77. The van der Waals surface area contributed by atoms with Gasteiger partial charge in [0.15, 0.2) is 0 Å². The quantitative estimate of drug-likeness (QED) is 0.633. The van der Waals surface area contributed by atoms with Crippen LogP contribution in [0.1, 0.15) is 39.0 Å². The molecule has 2 unspecified atom stereocenters. The Kier molecular flexibility index (Phi) is 3.86. The topological polar surface area (TPSA) is 50.3 Å². The smallest absolute Gasteiger partial charge is 0.238 e. The molecule has 1 aromatic heterocycles. The first-order valence-corrected chi connectivity index (χ1v) is 7.58. The second-order valence-electron chi connectivity index (χ2n) is 6.08. The summed E-state index contributed by atoms with van der Waals surface area (Å²) >= 11 is 0. The summed E-state index contributed by atoms with van der Waals surface area (Å²) in [6.45, 7) is 2.16. The number of pyridine rings is 1. The van der Waals surface area contributed by atoms with Crippen molar-refractivity contribution >= 4 is 17.6 Å². The molecule has 0 saturated carbocycles. The Hall–Kier alpha value is -1.97. The Labute approximate surface area is 124 Å². The molecular weight excluding hydrogens is 264 g/mol. The van der Waals surface area contributed by atoms with Crippen LogP contribution in [0.2, 0.25) is 0 Å². The van der Waals surface area contributed by atoms with E-state index in [1.807, 2.05) is 0 Å². The van der Waals surface area contributed by atoms with Gasteiger partial charge in [0.1, 0.15) is 5.82 Å². The third-order valence-electron chi connectivity index (χ3n) is 4.48. The number of aromatic nitrogens is 1. The van der Waals surface area contributed by atoms with Crippen molar-refractivity contribution in [3.8, 4) is 0 Å². The molecule has 0 spiro atoms. The van der Waals surface area contributed by atoms with Crippen LogP contribution < -0.4 is 4.90 Å². The van der Waals surface area contributed by atoms with Gasteiger partial charge in [0.2, 0.25) is 11.8 Å². The zero-order chi connectivity index (χ0) is 14.8. The van der Waals surface area contributed by atoms with Gasteiger partial charge >= 0.3 is 0 Å². The molecule has 110 valence electrons. The van der Waals surface area contributed by atoms with E-state index in [0.29, 0.717) is 18.2 Å². The summed E-state index contributed by atoms with van der Waals surface area (Å²) in [6, 6.07) is 5.29. The van der Waals surface area contributed by atoms with Gasteiger partial charge in [-0.25, -0.2) is 9.88 Å².